The number of nitro groups is 1. The van der Waals surface area contributed by atoms with Gasteiger partial charge in [0.2, 0.25) is 5.88 Å². The molecular weight excluding hydrogens is 553 g/mol. The SMILES string of the molecule is O=C(O)CCCCCOc1ccc2cc(-c3nc(OCc4ccccc4F)cc(-c4cccc([N+](=O)[O-])c4)n3)ccc2c1. The maximum atomic E-state index is 14.2. The highest BCUT2D eigenvalue weighted by Crippen LogP contribution is 2.30. The van der Waals surface area contributed by atoms with E-state index >= 15 is 0 Å². The molecule has 0 spiro atoms. The van der Waals surface area contributed by atoms with Crippen molar-refractivity contribution in [2.45, 2.75) is 32.3 Å². The molecule has 1 N–H and O–H groups in total. The first-order valence-corrected chi connectivity index (χ1v) is 13.7. The van der Waals surface area contributed by atoms with Crippen molar-refractivity contribution in [3.8, 4) is 34.3 Å². The van der Waals surface area contributed by atoms with E-state index in [2.05, 4.69) is 4.98 Å². The van der Waals surface area contributed by atoms with Gasteiger partial charge >= 0.3 is 5.97 Å². The number of hydrogen-bond donors (Lipinski definition) is 1. The number of fused-ring (bicyclic) bond motifs is 1. The second kappa shape index (κ2) is 13.5. The average Bonchev–Trinajstić information content (AvgIpc) is 3.01. The Kier molecular flexibility index (Phi) is 9.16. The maximum Gasteiger partial charge on any atom is 0.303 e. The molecule has 0 aliphatic carbocycles. The summed E-state index contributed by atoms with van der Waals surface area (Å²) < 4.78 is 25.9. The van der Waals surface area contributed by atoms with Crippen LogP contribution in [0.15, 0.2) is 91.0 Å². The van der Waals surface area contributed by atoms with Crippen molar-refractivity contribution in [1.82, 2.24) is 9.97 Å². The minimum absolute atomic E-state index is 0.0580. The molecule has 0 fully saturated rings. The van der Waals surface area contributed by atoms with E-state index in [0.717, 1.165) is 23.6 Å². The molecule has 0 aliphatic rings. The summed E-state index contributed by atoms with van der Waals surface area (Å²) in [6.07, 6.45) is 2.34. The van der Waals surface area contributed by atoms with E-state index in [-0.39, 0.29) is 24.6 Å². The van der Waals surface area contributed by atoms with Crippen molar-refractivity contribution in [1.29, 1.82) is 0 Å². The van der Waals surface area contributed by atoms with Crippen molar-refractivity contribution in [3.05, 3.63) is 112 Å². The Morgan fingerprint density at radius 3 is 2.47 bits per heavy atom. The Balaban J connectivity index is 1.40. The molecule has 5 rings (SSSR count). The van der Waals surface area contributed by atoms with Gasteiger partial charge in [-0.3, -0.25) is 14.9 Å². The Bertz CT molecular complexity index is 1780. The molecule has 1 heterocycles. The number of hydrogen-bond acceptors (Lipinski definition) is 7. The smallest absolute Gasteiger partial charge is 0.303 e. The van der Waals surface area contributed by atoms with Crippen LogP contribution in [0.2, 0.25) is 0 Å². The first-order valence-electron chi connectivity index (χ1n) is 13.7. The summed E-state index contributed by atoms with van der Waals surface area (Å²) in [5.74, 6) is 0.0679. The van der Waals surface area contributed by atoms with Gasteiger partial charge in [0.25, 0.3) is 5.69 Å². The van der Waals surface area contributed by atoms with Crippen LogP contribution in [0.25, 0.3) is 33.4 Å². The number of carbonyl (C=O) groups is 1. The summed E-state index contributed by atoms with van der Waals surface area (Å²) in [7, 11) is 0. The summed E-state index contributed by atoms with van der Waals surface area (Å²) in [6, 6.07) is 25.5. The molecule has 4 aromatic carbocycles. The zero-order chi connectivity index (χ0) is 30.2. The zero-order valence-electron chi connectivity index (χ0n) is 23.1. The predicted molar refractivity (Wildman–Crippen MR) is 159 cm³/mol. The van der Waals surface area contributed by atoms with Gasteiger partial charge in [0.15, 0.2) is 5.82 Å². The molecule has 10 heteroatoms. The van der Waals surface area contributed by atoms with E-state index < -0.39 is 16.7 Å². The molecule has 0 bridgehead atoms. The summed E-state index contributed by atoms with van der Waals surface area (Å²) in [5.41, 5.74) is 1.92. The molecule has 0 radical (unpaired) electrons. The van der Waals surface area contributed by atoms with Crippen molar-refractivity contribution in [3.63, 3.8) is 0 Å². The number of non-ortho nitro benzene ring substituents is 1. The van der Waals surface area contributed by atoms with Gasteiger partial charge in [-0.05, 0) is 54.3 Å². The van der Waals surface area contributed by atoms with E-state index in [0.29, 0.717) is 47.0 Å². The fourth-order valence-electron chi connectivity index (χ4n) is 4.52. The molecule has 0 saturated heterocycles. The van der Waals surface area contributed by atoms with Gasteiger partial charge in [0, 0.05) is 41.3 Å². The number of carboxylic acids is 1. The zero-order valence-corrected chi connectivity index (χ0v) is 23.1. The lowest BCUT2D eigenvalue weighted by Gasteiger charge is -2.12. The fourth-order valence-corrected chi connectivity index (χ4v) is 4.52. The number of halogens is 1. The van der Waals surface area contributed by atoms with Gasteiger partial charge < -0.3 is 14.6 Å². The number of nitrogens with zero attached hydrogens (tertiary/aromatic N) is 3. The Labute approximate surface area is 246 Å². The number of rotatable bonds is 13. The Hall–Kier alpha value is -5.38. The first-order chi connectivity index (χ1) is 20.9. The van der Waals surface area contributed by atoms with Crippen molar-refractivity contribution in [2.75, 3.05) is 6.61 Å². The quantitative estimate of drug-likeness (QED) is 0.0855. The van der Waals surface area contributed by atoms with Crippen molar-refractivity contribution >= 4 is 22.4 Å². The summed E-state index contributed by atoms with van der Waals surface area (Å²) >= 11 is 0. The van der Waals surface area contributed by atoms with E-state index in [1.54, 1.807) is 36.4 Å². The minimum Gasteiger partial charge on any atom is -0.494 e. The monoisotopic (exact) mass is 581 g/mol. The molecule has 218 valence electrons. The van der Waals surface area contributed by atoms with E-state index in [9.17, 15) is 19.3 Å². The molecule has 0 unspecified atom stereocenters. The number of carboxylic acid groups (broad SMARTS) is 1. The van der Waals surface area contributed by atoms with E-state index in [1.165, 1.54) is 18.2 Å². The lowest BCUT2D eigenvalue weighted by molar-refractivity contribution is -0.384. The van der Waals surface area contributed by atoms with Crippen LogP contribution < -0.4 is 9.47 Å². The second-order valence-corrected chi connectivity index (χ2v) is 9.88. The number of ether oxygens (including phenoxy) is 2. The third kappa shape index (κ3) is 7.68. The predicted octanol–water partition coefficient (Wildman–Crippen LogP) is 7.61. The molecule has 1 aromatic heterocycles. The van der Waals surface area contributed by atoms with Gasteiger partial charge in [0.1, 0.15) is 18.2 Å². The molecule has 5 aromatic rings. The normalized spacial score (nSPS) is 10.9. The van der Waals surface area contributed by atoms with Gasteiger partial charge in [-0.1, -0.05) is 48.5 Å². The molecule has 0 saturated carbocycles. The van der Waals surface area contributed by atoms with Gasteiger partial charge in [0.05, 0.1) is 17.2 Å². The van der Waals surface area contributed by atoms with Crippen LogP contribution in [-0.4, -0.2) is 32.6 Å². The molecule has 0 atom stereocenters. The van der Waals surface area contributed by atoms with Crippen LogP contribution in [0.3, 0.4) is 0 Å². The number of unbranched alkanes of at least 4 members (excludes halogenated alkanes) is 2. The second-order valence-electron chi connectivity index (χ2n) is 9.88. The highest BCUT2D eigenvalue weighted by Gasteiger charge is 2.14. The van der Waals surface area contributed by atoms with Crippen LogP contribution in [-0.2, 0) is 11.4 Å². The minimum atomic E-state index is -0.790. The first kappa shape index (κ1) is 29.1. The summed E-state index contributed by atoms with van der Waals surface area (Å²) in [6.45, 7) is 0.439. The lowest BCUT2D eigenvalue weighted by Crippen LogP contribution is -2.02. The van der Waals surface area contributed by atoms with Gasteiger partial charge in [-0.15, -0.1) is 0 Å². The van der Waals surface area contributed by atoms with E-state index in [4.69, 9.17) is 19.6 Å². The van der Waals surface area contributed by atoms with Crippen LogP contribution in [0.1, 0.15) is 31.2 Å². The number of nitro benzene ring substituents is 1. The van der Waals surface area contributed by atoms with Crippen LogP contribution in [0, 0.1) is 15.9 Å². The summed E-state index contributed by atoms with van der Waals surface area (Å²) in [5, 5.41) is 22.0. The molecular formula is C33H28FN3O6. The molecule has 0 aliphatic heterocycles. The topological polar surface area (TPSA) is 125 Å². The number of aliphatic carboxylic acids is 1. The third-order valence-electron chi connectivity index (χ3n) is 6.76. The van der Waals surface area contributed by atoms with Crippen LogP contribution in [0.4, 0.5) is 10.1 Å². The van der Waals surface area contributed by atoms with E-state index in [1.807, 2.05) is 36.4 Å². The van der Waals surface area contributed by atoms with Crippen LogP contribution >= 0.6 is 0 Å². The highest BCUT2D eigenvalue weighted by molar-refractivity contribution is 5.87. The fraction of sp³-hybridized carbons (Fsp3) is 0.182. The number of benzene rings is 4. The molecule has 0 amide bonds. The lowest BCUT2D eigenvalue weighted by atomic mass is 10.1. The van der Waals surface area contributed by atoms with Crippen molar-refractivity contribution in [2.24, 2.45) is 0 Å². The largest absolute Gasteiger partial charge is 0.494 e. The van der Waals surface area contributed by atoms with Crippen molar-refractivity contribution < 1.29 is 28.7 Å². The average molecular weight is 582 g/mol. The maximum absolute atomic E-state index is 14.2. The standard InChI is InChI=1S/C33H28FN3O6/c34-29-10-4-3-7-26(29)21-43-31-20-30(24-8-6-9-27(18-24)37(40)41)35-33(36-31)25-13-12-23-19-28(15-14-22(23)17-25)42-16-5-1-2-11-32(38)39/h3-4,6-10,12-15,17-20H,1-2,5,11,16,21H2,(H,38,39). The Morgan fingerprint density at radius 2 is 1.65 bits per heavy atom. The molecule has 9 nitrogen and oxygen atoms in total. The highest BCUT2D eigenvalue weighted by atomic mass is 19.1. The van der Waals surface area contributed by atoms with Gasteiger partial charge in [-0.25, -0.2) is 9.37 Å². The Morgan fingerprint density at radius 1 is 0.837 bits per heavy atom. The van der Waals surface area contributed by atoms with Crippen LogP contribution in [0.5, 0.6) is 11.6 Å². The third-order valence-corrected chi connectivity index (χ3v) is 6.76. The van der Waals surface area contributed by atoms with Gasteiger partial charge in [-0.2, -0.15) is 4.98 Å². The molecule has 43 heavy (non-hydrogen) atoms. The number of aromatic nitrogens is 2. The summed E-state index contributed by atoms with van der Waals surface area (Å²) in [4.78, 5) is 30.8.